The molecule has 0 fully saturated rings. The van der Waals surface area contributed by atoms with E-state index in [1.807, 2.05) is 19.4 Å². The summed E-state index contributed by atoms with van der Waals surface area (Å²) >= 11 is 0. The van der Waals surface area contributed by atoms with Crippen molar-refractivity contribution in [2.24, 2.45) is 0 Å². The maximum absolute atomic E-state index is 3.12. The smallest absolute Gasteiger partial charge is 0.0544 e. The van der Waals surface area contributed by atoms with Gasteiger partial charge in [-0.3, -0.25) is 0 Å². The normalized spacial score (nSPS) is 10.1. The van der Waals surface area contributed by atoms with Crippen LogP contribution in [0.4, 0.5) is 11.4 Å². The number of hydrogen-bond acceptors (Lipinski definition) is 2. The largest absolute Gasteiger partial charge is 0.388 e. The molecule has 0 aliphatic heterocycles. The number of nitrogens with zero attached hydrogens (tertiary/aromatic N) is 1. The van der Waals surface area contributed by atoms with E-state index < -0.39 is 0 Å². The Labute approximate surface area is 96.1 Å². The summed E-state index contributed by atoms with van der Waals surface area (Å²) in [7, 11) is 4.02. The van der Waals surface area contributed by atoms with Gasteiger partial charge in [-0.1, -0.05) is 12.1 Å². The molecule has 0 bridgehead atoms. The van der Waals surface area contributed by atoms with E-state index in [0.717, 1.165) is 12.2 Å². The standard InChI is InChI=1S/C13H17N3/c1-14-12-5-3-11(4-6-12)10-16(2)13-7-8-15-9-13/h3-9,14-15H,10H2,1-2H3. The third-order valence-electron chi connectivity index (χ3n) is 2.68. The Morgan fingerprint density at radius 3 is 2.50 bits per heavy atom. The van der Waals surface area contributed by atoms with E-state index in [0.29, 0.717) is 0 Å². The van der Waals surface area contributed by atoms with Crippen LogP contribution in [0.1, 0.15) is 5.56 Å². The zero-order valence-corrected chi connectivity index (χ0v) is 9.70. The summed E-state index contributed by atoms with van der Waals surface area (Å²) < 4.78 is 0. The van der Waals surface area contributed by atoms with E-state index in [1.165, 1.54) is 11.3 Å². The highest BCUT2D eigenvalue weighted by atomic mass is 15.1. The van der Waals surface area contributed by atoms with E-state index in [9.17, 15) is 0 Å². The van der Waals surface area contributed by atoms with Crippen molar-refractivity contribution in [3.8, 4) is 0 Å². The fourth-order valence-corrected chi connectivity index (χ4v) is 1.69. The monoisotopic (exact) mass is 215 g/mol. The lowest BCUT2D eigenvalue weighted by Crippen LogP contribution is -2.15. The third-order valence-corrected chi connectivity index (χ3v) is 2.68. The van der Waals surface area contributed by atoms with E-state index in [4.69, 9.17) is 0 Å². The van der Waals surface area contributed by atoms with E-state index in [1.54, 1.807) is 0 Å². The van der Waals surface area contributed by atoms with Gasteiger partial charge in [-0.25, -0.2) is 0 Å². The molecular formula is C13H17N3. The second-order valence-electron chi connectivity index (χ2n) is 3.87. The van der Waals surface area contributed by atoms with Crippen molar-refractivity contribution in [2.75, 3.05) is 24.3 Å². The van der Waals surface area contributed by atoms with E-state index >= 15 is 0 Å². The first-order valence-corrected chi connectivity index (χ1v) is 5.40. The van der Waals surface area contributed by atoms with Crippen LogP contribution in [0.5, 0.6) is 0 Å². The van der Waals surface area contributed by atoms with Gasteiger partial charge in [-0.2, -0.15) is 0 Å². The minimum Gasteiger partial charge on any atom is -0.388 e. The number of aromatic amines is 1. The quantitative estimate of drug-likeness (QED) is 0.821. The molecule has 0 unspecified atom stereocenters. The molecule has 2 aromatic rings. The van der Waals surface area contributed by atoms with Crippen molar-refractivity contribution in [1.29, 1.82) is 0 Å². The molecule has 0 atom stereocenters. The molecule has 0 saturated carbocycles. The molecule has 1 heterocycles. The lowest BCUT2D eigenvalue weighted by Gasteiger charge is -2.17. The molecule has 1 aromatic heterocycles. The second-order valence-corrected chi connectivity index (χ2v) is 3.87. The van der Waals surface area contributed by atoms with Crippen molar-refractivity contribution >= 4 is 11.4 Å². The van der Waals surface area contributed by atoms with Crippen LogP contribution in [-0.2, 0) is 6.54 Å². The number of benzene rings is 1. The van der Waals surface area contributed by atoms with Gasteiger partial charge in [0.25, 0.3) is 0 Å². The average Bonchev–Trinajstić information content (AvgIpc) is 2.83. The molecule has 0 aliphatic carbocycles. The molecule has 3 nitrogen and oxygen atoms in total. The Morgan fingerprint density at radius 1 is 1.19 bits per heavy atom. The highest BCUT2D eigenvalue weighted by Gasteiger charge is 2.01. The highest BCUT2D eigenvalue weighted by molar-refractivity contribution is 5.47. The third kappa shape index (κ3) is 2.37. The maximum atomic E-state index is 3.12. The van der Waals surface area contributed by atoms with Crippen LogP contribution in [0.15, 0.2) is 42.7 Å². The number of nitrogens with one attached hydrogen (secondary N) is 2. The Kier molecular flexibility index (Phi) is 3.15. The first kappa shape index (κ1) is 10.6. The van der Waals surface area contributed by atoms with Gasteiger partial charge in [-0.15, -0.1) is 0 Å². The van der Waals surface area contributed by atoms with Crippen LogP contribution >= 0.6 is 0 Å². The van der Waals surface area contributed by atoms with Gasteiger partial charge in [0.15, 0.2) is 0 Å². The van der Waals surface area contributed by atoms with Crippen molar-refractivity contribution in [2.45, 2.75) is 6.54 Å². The van der Waals surface area contributed by atoms with Gasteiger partial charge in [0.1, 0.15) is 0 Å². The van der Waals surface area contributed by atoms with Crippen LogP contribution in [-0.4, -0.2) is 19.1 Å². The Balaban J connectivity index is 2.03. The topological polar surface area (TPSA) is 31.1 Å². The highest BCUT2D eigenvalue weighted by Crippen LogP contribution is 2.15. The zero-order chi connectivity index (χ0) is 11.4. The van der Waals surface area contributed by atoms with Crippen molar-refractivity contribution in [1.82, 2.24) is 4.98 Å². The number of aromatic nitrogens is 1. The molecule has 2 rings (SSSR count). The van der Waals surface area contributed by atoms with Crippen molar-refractivity contribution in [3.05, 3.63) is 48.3 Å². The lowest BCUT2D eigenvalue weighted by molar-refractivity contribution is 0.924. The lowest BCUT2D eigenvalue weighted by atomic mass is 10.2. The van der Waals surface area contributed by atoms with Crippen molar-refractivity contribution in [3.63, 3.8) is 0 Å². The first-order valence-electron chi connectivity index (χ1n) is 5.40. The van der Waals surface area contributed by atoms with Gasteiger partial charge in [-0.05, 0) is 23.8 Å². The van der Waals surface area contributed by atoms with Gasteiger partial charge in [0.2, 0.25) is 0 Å². The Hall–Kier alpha value is -1.90. The summed E-state index contributed by atoms with van der Waals surface area (Å²) in [6.45, 7) is 0.918. The summed E-state index contributed by atoms with van der Waals surface area (Å²) in [6, 6.07) is 10.6. The summed E-state index contributed by atoms with van der Waals surface area (Å²) in [5.74, 6) is 0. The molecule has 0 saturated heterocycles. The van der Waals surface area contributed by atoms with Crippen LogP contribution < -0.4 is 10.2 Å². The number of H-pyrrole nitrogens is 1. The second kappa shape index (κ2) is 4.75. The first-order chi connectivity index (χ1) is 7.79. The molecule has 1 aromatic carbocycles. The van der Waals surface area contributed by atoms with Crippen molar-refractivity contribution < 1.29 is 0 Å². The predicted molar refractivity (Wildman–Crippen MR) is 68.9 cm³/mol. The van der Waals surface area contributed by atoms with E-state index in [-0.39, 0.29) is 0 Å². The summed E-state index contributed by atoms with van der Waals surface area (Å²) in [6.07, 6.45) is 3.94. The predicted octanol–water partition coefficient (Wildman–Crippen LogP) is 2.69. The van der Waals surface area contributed by atoms with Gasteiger partial charge in [0, 0.05) is 38.7 Å². The molecule has 0 spiro atoms. The number of hydrogen-bond donors (Lipinski definition) is 2. The minimum atomic E-state index is 0.918. The number of anilines is 2. The average molecular weight is 215 g/mol. The maximum Gasteiger partial charge on any atom is 0.0544 e. The zero-order valence-electron chi connectivity index (χ0n) is 9.70. The molecule has 2 N–H and O–H groups in total. The fourth-order valence-electron chi connectivity index (χ4n) is 1.69. The Morgan fingerprint density at radius 2 is 1.94 bits per heavy atom. The van der Waals surface area contributed by atoms with E-state index in [2.05, 4.69) is 52.6 Å². The molecule has 3 heteroatoms. The summed E-state index contributed by atoms with van der Waals surface area (Å²) in [4.78, 5) is 5.28. The molecule has 0 amide bonds. The summed E-state index contributed by atoms with van der Waals surface area (Å²) in [5.41, 5.74) is 3.66. The molecule has 0 radical (unpaired) electrons. The molecule has 16 heavy (non-hydrogen) atoms. The molecule has 84 valence electrons. The Bertz CT molecular complexity index is 417. The van der Waals surface area contributed by atoms with Crippen LogP contribution in [0.25, 0.3) is 0 Å². The van der Waals surface area contributed by atoms with Gasteiger partial charge in [0.05, 0.1) is 5.69 Å². The minimum absolute atomic E-state index is 0.918. The summed E-state index contributed by atoms with van der Waals surface area (Å²) in [5, 5.41) is 3.12. The van der Waals surface area contributed by atoms with Gasteiger partial charge >= 0.3 is 0 Å². The molecular weight excluding hydrogens is 198 g/mol. The van der Waals surface area contributed by atoms with Gasteiger partial charge < -0.3 is 15.2 Å². The number of rotatable bonds is 4. The van der Waals surface area contributed by atoms with Crippen LogP contribution in [0, 0.1) is 0 Å². The molecule has 0 aliphatic rings. The van der Waals surface area contributed by atoms with Crippen LogP contribution in [0.3, 0.4) is 0 Å². The SMILES string of the molecule is CNc1ccc(CN(C)c2cc[nH]c2)cc1. The fraction of sp³-hybridized carbons (Fsp3) is 0.231. The van der Waals surface area contributed by atoms with Crippen LogP contribution in [0.2, 0.25) is 0 Å².